The van der Waals surface area contributed by atoms with Crippen molar-refractivity contribution in [3.8, 4) is 22.5 Å². The zero-order chi connectivity index (χ0) is 18.1. The first-order valence-electron chi connectivity index (χ1n) is 8.16. The van der Waals surface area contributed by atoms with Gasteiger partial charge in [-0.15, -0.1) is 0 Å². The summed E-state index contributed by atoms with van der Waals surface area (Å²) in [5.41, 5.74) is 2.27. The van der Waals surface area contributed by atoms with Crippen LogP contribution < -0.4 is 5.32 Å². The van der Waals surface area contributed by atoms with Crippen LogP contribution in [-0.2, 0) is 0 Å². The number of H-pyrrole nitrogens is 1. The molecule has 0 aliphatic rings. The smallest absolute Gasteiger partial charge is 0.145 e. The van der Waals surface area contributed by atoms with E-state index in [1.165, 1.54) is 18.2 Å². The second-order valence-corrected chi connectivity index (χ2v) is 5.75. The number of aromatic nitrogens is 4. The minimum Gasteiger partial charge on any atom is -0.369 e. The maximum atomic E-state index is 14.1. The van der Waals surface area contributed by atoms with Gasteiger partial charge in [-0.1, -0.05) is 12.1 Å². The van der Waals surface area contributed by atoms with E-state index in [1.54, 1.807) is 30.6 Å². The Kier molecular flexibility index (Phi) is 4.04. The second-order valence-electron chi connectivity index (χ2n) is 5.75. The SMILES string of the molecule is CCNc1cncc(-c2n[nH]c3ccc(-c4c(F)cccc4F)cc23)n1. The molecule has 0 radical (unpaired) electrons. The van der Waals surface area contributed by atoms with Crippen molar-refractivity contribution in [2.45, 2.75) is 6.92 Å². The molecule has 5 nitrogen and oxygen atoms in total. The Labute approximate surface area is 148 Å². The van der Waals surface area contributed by atoms with Crippen LogP contribution >= 0.6 is 0 Å². The molecule has 0 amide bonds. The van der Waals surface area contributed by atoms with Crippen LogP contribution in [0.5, 0.6) is 0 Å². The summed E-state index contributed by atoms with van der Waals surface area (Å²) < 4.78 is 28.3. The fraction of sp³-hybridized carbons (Fsp3) is 0.105. The van der Waals surface area contributed by atoms with E-state index >= 15 is 0 Å². The number of nitrogens with one attached hydrogen (secondary N) is 2. The molecule has 0 saturated heterocycles. The zero-order valence-corrected chi connectivity index (χ0v) is 13.9. The second kappa shape index (κ2) is 6.51. The van der Waals surface area contributed by atoms with Gasteiger partial charge in [-0.05, 0) is 36.8 Å². The van der Waals surface area contributed by atoms with E-state index in [1.807, 2.05) is 6.92 Å². The molecule has 0 atom stereocenters. The van der Waals surface area contributed by atoms with Crippen LogP contribution in [0.4, 0.5) is 14.6 Å². The Morgan fingerprint density at radius 3 is 2.65 bits per heavy atom. The Balaban J connectivity index is 1.87. The number of anilines is 1. The number of aromatic amines is 1. The van der Waals surface area contributed by atoms with E-state index in [0.29, 0.717) is 28.2 Å². The number of fused-ring (bicyclic) bond motifs is 1. The number of hydrogen-bond donors (Lipinski definition) is 2. The summed E-state index contributed by atoms with van der Waals surface area (Å²) in [6, 6.07) is 8.94. The zero-order valence-electron chi connectivity index (χ0n) is 13.9. The number of nitrogens with zero attached hydrogens (tertiary/aromatic N) is 3. The fourth-order valence-corrected chi connectivity index (χ4v) is 2.88. The number of benzene rings is 2. The minimum absolute atomic E-state index is 0.0611. The van der Waals surface area contributed by atoms with Crippen molar-refractivity contribution in [1.29, 1.82) is 0 Å². The van der Waals surface area contributed by atoms with Gasteiger partial charge in [-0.2, -0.15) is 5.10 Å². The van der Waals surface area contributed by atoms with Gasteiger partial charge in [0.1, 0.15) is 28.8 Å². The molecule has 0 saturated carbocycles. The molecule has 2 aromatic heterocycles. The lowest BCUT2D eigenvalue weighted by atomic mass is 10.0. The van der Waals surface area contributed by atoms with Gasteiger partial charge in [0.2, 0.25) is 0 Å². The van der Waals surface area contributed by atoms with Crippen LogP contribution in [0.15, 0.2) is 48.8 Å². The molecule has 130 valence electrons. The highest BCUT2D eigenvalue weighted by Gasteiger charge is 2.15. The first-order valence-corrected chi connectivity index (χ1v) is 8.16. The van der Waals surface area contributed by atoms with Crippen LogP contribution in [-0.4, -0.2) is 26.7 Å². The molecule has 0 spiro atoms. The van der Waals surface area contributed by atoms with Gasteiger partial charge in [0.15, 0.2) is 0 Å². The minimum atomic E-state index is -0.608. The Hall–Kier alpha value is -3.35. The van der Waals surface area contributed by atoms with E-state index in [-0.39, 0.29) is 5.56 Å². The van der Waals surface area contributed by atoms with Crippen LogP contribution in [0.25, 0.3) is 33.4 Å². The highest BCUT2D eigenvalue weighted by atomic mass is 19.1. The average Bonchev–Trinajstić information content (AvgIpc) is 3.05. The lowest BCUT2D eigenvalue weighted by Crippen LogP contribution is -2.00. The first kappa shape index (κ1) is 16.1. The summed E-state index contributed by atoms with van der Waals surface area (Å²) >= 11 is 0. The van der Waals surface area contributed by atoms with Crippen molar-refractivity contribution in [2.24, 2.45) is 0 Å². The predicted molar refractivity (Wildman–Crippen MR) is 96.6 cm³/mol. The molecule has 0 bridgehead atoms. The van der Waals surface area contributed by atoms with Gasteiger partial charge < -0.3 is 5.32 Å². The lowest BCUT2D eigenvalue weighted by Gasteiger charge is -2.06. The van der Waals surface area contributed by atoms with E-state index in [9.17, 15) is 8.78 Å². The Morgan fingerprint density at radius 1 is 1.08 bits per heavy atom. The third-order valence-electron chi connectivity index (χ3n) is 4.05. The molecule has 2 N–H and O–H groups in total. The molecule has 4 rings (SSSR count). The van der Waals surface area contributed by atoms with E-state index in [4.69, 9.17) is 0 Å². The van der Waals surface area contributed by atoms with Crippen molar-refractivity contribution in [3.63, 3.8) is 0 Å². The summed E-state index contributed by atoms with van der Waals surface area (Å²) in [5, 5.41) is 11.0. The highest BCUT2D eigenvalue weighted by Crippen LogP contribution is 2.32. The van der Waals surface area contributed by atoms with Gasteiger partial charge in [-0.3, -0.25) is 10.1 Å². The quantitative estimate of drug-likeness (QED) is 0.572. The lowest BCUT2D eigenvalue weighted by molar-refractivity contribution is 0.589. The highest BCUT2D eigenvalue weighted by molar-refractivity contribution is 5.95. The molecule has 26 heavy (non-hydrogen) atoms. The number of halogens is 2. The normalized spacial score (nSPS) is 11.0. The molecule has 0 aliphatic carbocycles. The van der Waals surface area contributed by atoms with Crippen molar-refractivity contribution in [1.82, 2.24) is 20.2 Å². The molecule has 2 heterocycles. The summed E-state index contributed by atoms with van der Waals surface area (Å²) in [4.78, 5) is 8.66. The van der Waals surface area contributed by atoms with Crippen molar-refractivity contribution in [2.75, 3.05) is 11.9 Å². The maximum absolute atomic E-state index is 14.1. The van der Waals surface area contributed by atoms with Crippen molar-refractivity contribution >= 4 is 16.7 Å². The molecule has 0 aliphatic heterocycles. The van der Waals surface area contributed by atoms with E-state index < -0.39 is 11.6 Å². The molecule has 2 aromatic carbocycles. The fourth-order valence-electron chi connectivity index (χ4n) is 2.88. The molecular formula is C19H15F2N5. The third-order valence-corrected chi connectivity index (χ3v) is 4.05. The van der Waals surface area contributed by atoms with Crippen LogP contribution in [0.3, 0.4) is 0 Å². The van der Waals surface area contributed by atoms with E-state index in [2.05, 4.69) is 25.5 Å². The monoisotopic (exact) mass is 351 g/mol. The largest absolute Gasteiger partial charge is 0.369 e. The molecule has 4 aromatic rings. The molecular weight excluding hydrogens is 336 g/mol. The van der Waals surface area contributed by atoms with Gasteiger partial charge >= 0.3 is 0 Å². The van der Waals surface area contributed by atoms with Gasteiger partial charge in [-0.25, -0.2) is 13.8 Å². The Bertz CT molecular complexity index is 1070. The van der Waals surface area contributed by atoms with Gasteiger partial charge in [0, 0.05) is 11.9 Å². The summed E-state index contributed by atoms with van der Waals surface area (Å²) in [6.07, 6.45) is 3.23. The first-order chi connectivity index (χ1) is 12.7. The topological polar surface area (TPSA) is 66.5 Å². The predicted octanol–water partition coefficient (Wildman–Crippen LogP) is 4.40. The van der Waals surface area contributed by atoms with Crippen LogP contribution in [0.1, 0.15) is 6.92 Å². The summed E-state index contributed by atoms with van der Waals surface area (Å²) in [6.45, 7) is 2.68. The standard InChI is InChI=1S/C19H15F2N5/c1-2-23-17-10-22-9-16(24-17)19-12-8-11(6-7-15(12)25-26-19)18-13(20)4-3-5-14(18)21/h3-10H,2H2,1H3,(H,23,24)(H,25,26). The van der Waals surface area contributed by atoms with Crippen molar-refractivity contribution in [3.05, 3.63) is 60.4 Å². The van der Waals surface area contributed by atoms with Gasteiger partial charge in [0.25, 0.3) is 0 Å². The van der Waals surface area contributed by atoms with Crippen LogP contribution in [0, 0.1) is 11.6 Å². The maximum Gasteiger partial charge on any atom is 0.145 e. The van der Waals surface area contributed by atoms with E-state index in [0.717, 1.165) is 12.1 Å². The van der Waals surface area contributed by atoms with Crippen LogP contribution in [0.2, 0.25) is 0 Å². The average molecular weight is 351 g/mol. The molecule has 0 fully saturated rings. The molecule has 0 unspecified atom stereocenters. The van der Waals surface area contributed by atoms with Gasteiger partial charge in [0.05, 0.1) is 23.5 Å². The number of hydrogen-bond acceptors (Lipinski definition) is 4. The summed E-state index contributed by atoms with van der Waals surface area (Å²) in [7, 11) is 0. The number of rotatable bonds is 4. The summed E-state index contributed by atoms with van der Waals surface area (Å²) in [5.74, 6) is -0.580. The van der Waals surface area contributed by atoms with Crippen molar-refractivity contribution < 1.29 is 8.78 Å². The third kappa shape index (κ3) is 2.77. The molecule has 7 heteroatoms. The Morgan fingerprint density at radius 2 is 1.88 bits per heavy atom.